The lowest BCUT2D eigenvalue weighted by Gasteiger charge is -2.29. The third-order valence-electron chi connectivity index (χ3n) is 4.23. The topological polar surface area (TPSA) is 51.2 Å². The average Bonchev–Trinajstić information content (AvgIpc) is 3.06. The van der Waals surface area contributed by atoms with Crippen LogP contribution in [0.1, 0.15) is 39.2 Å². The number of benzene rings is 1. The molecule has 0 radical (unpaired) electrons. The van der Waals surface area contributed by atoms with Gasteiger partial charge in [-0.15, -0.1) is 0 Å². The molecule has 0 aromatic heterocycles. The zero-order valence-electron chi connectivity index (χ0n) is 16.0. The molecule has 142 valence electrons. The molecule has 1 aliphatic rings. The highest BCUT2D eigenvalue weighted by Gasteiger charge is 2.22. The predicted molar refractivity (Wildman–Crippen MR) is 99.0 cm³/mol. The molecule has 0 saturated carbocycles. The zero-order valence-corrected chi connectivity index (χ0v) is 16.0. The van der Waals surface area contributed by atoms with Crippen LogP contribution in [0.3, 0.4) is 0 Å². The molecule has 2 unspecified atom stereocenters. The monoisotopic (exact) mass is 351 g/mol. The number of hydrogen-bond donors (Lipinski definition) is 1. The van der Waals surface area contributed by atoms with E-state index in [1.54, 1.807) is 7.11 Å². The SMILES string of the molecule is COc1ccc(CN(CC(O)COC(C)(C)C)CC2CCCO2)cc1. The first-order valence-corrected chi connectivity index (χ1v) is 9.14. The lowest BCUT2D eigenvalue weighted by atomic mass is 10.1. The van der Waals surface area contributed by atoms with Gasteiger partial charge in [0, 0.05) is 26.2 Å². The van der Waals surface area contributed by atoms with E-state index in [-0.39, 0.29) is 11.7 Å². The molecule has 1 aromatic rings. The summed E-state index contributed by atoms with van der Waals surface area (Å²) in [5.41, 5.74) is 0.957. The van der Waals surface area contributed by atoms with E-state index in [1.807, 2.05) is 32.9 Å². The van der Waals surface area contributed by atoms with Gasteiger partial charge in [0.2, 0.25) is 0 Å². The summed E-state index contributed by atoms with van der Waals surface area (Å²) in [4.78, 5) is 2.26. The van der Waals surface area contributed by atoms with Gasteiger partial charge in [0.05, 0.1) is 31.5 Å². The molecule has 1 aromatic carbocycles. The average molecular weight is 351 g/mol. The van der Waals surface area contributed by atoms with Crippen molar-refractivity contribution < 1.29 is 19.3 Å². The Hall–Kier alpha value is -1.14. The molecule has 1 N–H and O–H groups in total. The molecular weight excluding hydrogens is 318 g/mol. The van der Waals surface area contributed by atoms with Crippen LogP contribution in [0.15, 0.2) is 24.3 Å². The minimum atomic E-state index is -0.515. The van der Waals surface area contributed by atoms with E-state index >= 15 is 0 Å². The summed E-state index contributed by atoms with van der Waals surface area (Å²) in [6.45, 7) is 9.37. The Morgan fingerprint density at radius 2 is 2.00 bits per heavy atom. The van der Waals surface area contributed by atoms with Gasteiger partial charge in [-0.2, -0.15) is 0 Å². The largest absolute Gasteiger partial charge is 0.497 e. The lowest BCUT2D eigenvalue weighted by Crippen LogP contribution is -2.40. The van der Waals surface area contributed by atoms with Gasteiger partial charge in [-0.05, 0) is 51.3 Å². The summed E-state index contributed by atoms with van der Waals surface area (Å²) in [6, 6.07) is 8.08. The van der Waals surface area contributed by atoms with Crippen molar-refractivity contribution >= 4 is 0 Å². The molecule has 0 aliphatic carbocycles. The Morgan fingerprint density at radius 1 is 1.28 bits per heavy atom. The Morgan fingerprint density at radius 3 is 2.56 bits per heavy atom. The number of rotatable bonds is 9. The van der Waals surface area contributed by atoms with Crippen molar-refractivity contribution in [2.45, 2.75) is 58.0 Å². The molecule has 25 heavy (non-hydrogen) atoms. The molecule has 0 bridgehead atoms. The van der Waals surface area contributed by atoms with E-state index in [4.69, 9.17) is 14.2 Å². The second-order valence-electron chi connectivity index (χ2n) is 7.75. The highest BCUT2D eigenvalue weighted by molar-refractivity contribution is 5.27. The summed E-state index contributed by atoms with van der Waals surface area (Å²) in [5.74, 6) is 0.855. The highest BCUT2D eigenvalue weighted by atomic mass is 16.5. The second kappa shape index (κ2) is 9.53. The van der Waals surface area contributed by atoms with Crippen LogP contribution in [0, 0.1) is 0 Å². The van der Waals surface area contributed by atoms with Crippen molar-refractivity contribution in [2.24, 2.45) is 0 Å². The second-order valence-corrected chi connectivity index (χ2v) is 7.75. The van der Waals surface area contributed by atoms with Crippen molar-refractivity contribution in [3.8, 4) is 5.75 Å². The van der Waals surface area contributed by atoms with Gasteiger partial charge in [0.1, 0.15) is 5.75 Å². The molecular formula is C20H33NO4. The van der Waals surface area contributed by atoms with Crippen molar-refractivity contribution in [1.29, 1.82) is 0 Å². The van der Waals surface area contributed by atoms with Crippen LogP contribution in [-0.4, -0.2) is 61.2 Å². The first kappa shape index (κ1) is 20.2. The maximum absolute atomic E-state index is 10.4. The number of ether oxygens (including phenoxy) is 3. The minimum absolute atomic E-state index is 0.240. The summed E-state index contributed by atoms with van der Waals surface area (Å²) >= 11 is 0. The normalized spacial score (nSPS) is 19.4. The maximum atomic E-state index is 10.4. The van der Waals surface area contributed by atoms with E-state index in [9.17, 15) is 5.11 Å². The van der Waals surface area contributed by atoms with Crippen LogP contribution < -0.4 is 4.74 Å². The first-order valence-electron chi connectivity index (χ1n) is 9.14. The Kier molecular flexibility index (Phi) is 7.69. The van der Waals surface area contributed by atoms with Gasteiger partial charge in [0.15, 0.2) is 0 Å². The van der Waals surface area contributed by atoms with Gasteiger partial charge in [-0.1, -0.05) is 12.1 Å². The van der Waals surface area contributed by atoms with Crippen molar-refractivity contribution in [1.82, 2.24) is 4.90 Å². The van der Waals surface area contributed by atoms with Crippen LogP contribution >= 0.6 is 0 Å². The fourth-order valence-electron chi connectivity index (χ4n) is 2.97. The Balaban J connectivity index is 1.93. The van der Waals surface area contributed by atoms with Crippen LogP contribution in [0.5, 0.6) is 5.75 Å². The smallest absolute Gasteiger partial charge is 0.118 e. The third kappa shape index (κ3) is 7.74. The maximum Gasteiger partial charge on any atom is 0.118 e. The van der Waals surface area contributed by atoms with Gasteiger partial charge >= 0.3 is 0 Å². The van der Waals surface area contributed by atoms with Gasteiger partial charge < -0.3 is 19.3 Å². The van der Waals surface area contributed by atoms with Crippen molar-refractivity contribution in [3.05, 3.63) is 29.8 Å². The van der Waals surface area contributed by atoms with Gasteiger partial charge in [-0.25, -0.2) is 0 Å². The first-order chi connectivity index (χ1) is 11.9. The number of aliphatic hydroxyl groups excluding tert-OH is 1. The molecule has 5 nitrogen and oxygen atoms in total. The Labute approximate surface area is 151 Å². The minimum Gasteiger partial charge on any atom is -0.497 e. The Bertz CT molecular complexity index is 491. The van der Waals surface area contributed by atoms with Crippen LogP contribution in [-0.2, 0) is 16.0 Å². The fourth-order valence-corrected chi connectivity index (χ4v) is 2.97. The summed E-state index contributed by atoms with van der Waals surface area (Å²) in [7, 11) is 1.67. The van der Waals surface area contributed by atoms with E-state index in [0.717, 1.165) is 38.3 Å². The molecule has 1 aliphatic heterocycles. The number of aliphatic hydroxyl groups is 1. The van der Waals surface area contributed by atoms with Crippen LogP contribution in [0.2, 0.25) is 0 Å². The van der Waals surface area contributed by atoms with Gasteiger partial charge in [0.25, 0.3) is 0 Å². The van der Waals surface area contributed by atoms with Crippen molar-refractivity contribution in [3.63, 3.8) is 0 Å². The van der Waals surface area contributed by atoms with E-state index < -0.39 is 6.10 Å². The highest BCUT2D eigenvalue weighted by Crippen LogP contribution is 2.17. The fraction of sp³-hybridized carbons (Fsp3) is 0.700. The molecule has 2 rings (SSSR count). The summed E-state index contributed by atoms with van der Waals surface area (Å²) in [5, 5.41) is 10.4. The molecule has 5 heteroatoms. The molecule has 1 fully saturated rings. The van der Waals surface area contributed by atoms with E-state index in [0.29, 0.717) is 13.2 Å². The van der Waals surface area contributed by atoms with E-state index in [2.05, 4.69) is 17.0 Å². The molecule has 0 amide bonds. The third-order valence-corrected chi connectivity index (χ3v) is 4.23. The standard InChI is InChI=1S/C20H33NO4/c1-20(2,3)25-15-17(22)13-21(14-19-6-5-11-24-19)12-16-7-9-18(23-4)10-8-16/h7-10,17,19,22H,5-6,11-15H2,1-4H3. The quantitative estimate of drug-likeness (QED) is 0.741. The van der Waals surface area contributed by atoms with Crippen LogP contribution in [0.4, 0.5) is 0 Å². The summed E-state index contributed by atoms with van der Waals surface area (Å²) in [6.07, 6.45) is 1.96. The number of hydrogen-bond acceptors (Lipinski definition) is 5. The molecule has 2 atom stereocenters. The predicted octanol–water partition coefficient (Wildman–Crippen LogP) is 2.85. The number of nitrogens with zero attached hydrogens (tertiary/aromatic N) is 1. The molecule has 1 heterocycles. The van der Waals surface area contributed by atoms with Crippen molar-refractivity contribution in [2.75, 3.05) is 33.4 Å². The van der Waals surface area contributed by atoms with Crippen LogP contribution in [0.25, 0.3) is 0 Å². The molecule has 0 spiro atoms. The zero-order chi connectivity index (χ0) is 18.3. The summed E-state index contributed by atoms with van der Waals surface area (Å²) < 4.78 is 16.7. The molecule has 1 saturated heterocycles. The van der Waals surface area contributed by atoms with Gasteiger partial charge in [-0.3, -0.25) is 4.90 Å². The number of methoxy groups -OCH3 is 1. The van der Waals surface area contributed by atoms with E-state index in [1.165, 1.54) is 5.56 Å². The lowest BCUT2D eigenvalue weighted by molar-refractivity contribution is -0.0594.